The van der Waals surface area contributed by atoms with Gasteiger partial charge >= 0.3 is 0 Å². The van der Waals surface area contributed by atoms with Crippen LogP contribution in [-0.4, -0.2) is 27.3 Å². The fraction of sp³-hybridized carbons (Fsp3) is 0.667. The van der Waals surface area contributed by atoms with Crippen molar-refractivity contribution in [1.82, 2.24) is 5.43 Å². The zero-order valence-electron chi connectivity index (χ0n) is 7.03. The highest BCUT2D eigenvalue weighted by Crippen LogP contribution is 2.14. The molecule has 0 radical (unpaired) electrons. The Hall–Kier alpha value is -0.750. The van der Waals surface area contributed by atoms with E-state index in [9.17, 15) is 5.11 Å². The van der Waals surface area contributed by atoms with Crippen LogP contribution in [0.5, 0.6) is 0 Å². The molecule has 68 valence electrons. The van der Waals surface area contributed by atoms with Crippen LogP contribution in [-0.2, 0) is 0 Å². The van der Waals surface area contributed by atoms with E-state index in [4.69, 9.17) is 5.84 Å². The van der Waals surface area contributed by atoms with E-state index in [1.807, 2.05) is 0 Å². The maximum atomic E-state index is 9.55. The first-order valence-corrected chi connectivity index (χ1v) is 4.48. The minimum absolute atomic E-state index is 0.572. The molecule has 0 saturated carbocycles. The number of nitrogens with zero attached hydrogens (tertiary/aromatic N) is 2. The van der Waals surface area contributed by atoms with Crippen molar-refractivity contribution in [2.75, 3.05) is 5.75 Å². The molecule has 1 aliphatic rings. The van der Waals surface area contributed by atoms with Gasteiger partial charge in [0.25, 0.3) is 0 Å². The summed E-state index contributed by atoms with van der Waals surface area (Å²) in [6, 6.07) is 0. The first-order chi connectivity index (χ1) is 5.54. The van der Waals surface area contributed by atoms with Crippen molar-refractivity contribution in [2.24, 2.45) is 16.0 Å². The quantitative estimate of drug-likeness (QED) is 0.389. The molecule has 0 aromatic rings. The van der Waals surface area contributed by atoms with Crippen molar-refractivity contribution >= 4 is 22.6 Å². The van der Waals surface area contributed by atoms with Crippen molar-refractivity contribution in [3.8, 4) is 0 Å². The van der Waals surface area contributed by atoms with Gasteiger partial charge in [0.05, 0.1) is 11.3 Å². The van der Waals surface area contributed by atoms with Gasteiger partial charge in [-0.1, -0.05) is 11.8 Å². The molecule has 4 N–H and O–H groups in total. The molecule has 0 fully saturated rings. The van der Waals surface area contributed by atoms with Crippen molar-refractivity contribution in [3.63, 3.8) is 0 Å². The van der Waals surface area contributed by atoms with Crippen LogP contribution >= 0.6 is 11.8 Å². The van der Waals surface area contributed by atoms with Crippen LogP contribution in [0.4, 0.5) is 0 Å². The Morgan fingerprint density at radius 3 is 2.75 bits per heavy atom. The summed E-state index contributed by atoms with van der Waals surface area (Å²) in [4.78, 5) is 0. The number of hydrogen-bond acceptors (Lipinski definition) is 5. The number of hydrazone groups is 2. The predicted octanol–water partition coefficient (Wildman–Crippen LogP) is -0.321. The minimum atomic E-state index is -0.875. The second kappa shape index (κ2) is 3.32. The van der Waals surface area contributed by atoms with E-state index in [1.54, 1.807) is 13.8 Å². The monoisotopic (exact) mass is 188 g/mol. The Morgan fingerprint density at radius 1 is 1.75 bits per heavy atom. The van der Waals surface area contributed by atoms with Gasteiger partial charge in [0.2, 0.25) is 5.17 Å². The van der Waals surface area contributed by atoms with E-state index >= 15 is 0 Å². The number of amidine groups is 1. The van der Waals surface area contributed by atoms with Gasteiger partial charge in [-0.2, -0.15) is 10.2 Å². The van der Waals surface area contributed by atoms with Gasteiger partial charge in [-0.05, 0) is 13.8 Å². The van der Waals surface area contributed by atoms with Crippen molar-refractivity contribution in [2.45, 2.75) is 19.4 Å². The van der Waals surface area contributed by atoms with Crippen molar-refractivity contribution in [1.29, 1.82) is 0 Å². The molecular formula is C6H12N4OS. The number of thioether (sulfide) groups is 1. The normalized spacial score (nSPS) is 21.9. The standard InChI is InChI=1S/C6H12N4OS/c1-6(2,11)4-3-12-5(8-7)10-9-4/h11H,3,7H2,1-2H3,(H,8,10). The highest BCUT2D eigenvalue weighted by atomic mass is 32.2. The van der Waals surface area contributed by atoms with Crippen LogP contribution in [0, 0.1) is 0 Å². The van der Waals surface area contributed by atoms with Crippen molar-refractivity contribution in [3.05, 3.63) is 0 Å². The van der Waals surface area contributed by atoms with E-state index in [1.165, 1.54) is 11.8 Å². The van der Waals surface area contributed by atoms with Gasteiger partial charge in [-0.15, -0.1) is 0 Å². The molecule has 0 spiro atoms. The zero-order chi connectivity index (χ0) is 9.19. The Kier molecular flexibility index (Phi) is 2.58. The summed E-state index contributed by atoms with van der Waals surface area (Å²) < 4.78 is 0. The molecule has 0 amide bonds. The van der Waals surface area contributed by atoms with E-state index in [0.29, 0.717) is 16.6 Å². The molecule has 0 atom stereocenters. The summed E-state index contributed by atoms with van der Waals surface area (Å²) in [6.07, 6.45) is 0. The first-order valence-electron chi connectivity index (χ1n) is 3.50. The zero-order valence-corrected chi connectivity index (χ0v) is 7.85. The van der Waals surface area contributed by atoms with Crippen LogP contribution < -0.4 is 11.3 Å². The summed E-state index contributed by atoms with van der Waals surface area (Å²) in [5.41, 5.74) is 2.46. The van der Waals surface area contributed by atoms with E-state index < -0.39 is 5.60 Å². The molecule has 0 aliphatic carbocycles. The average molecular weight is 188 g/mol. The van der Waals surface area contributed by atoms with E-state index in [-0.39, 0.29) is 0 Å². The lowest BCUT2D eigenvalue weighted by Crippen LogP contribution is -2.39. The maximum Gasteiger partial charge on any atom is 0.200 e. The molecular weight excluding hydrogens is 176 g/mol. The maximum absolute atomic E-state index is 9.55. The first kappa shape index (κ1) is 9.34. The van der Waals surface area contributed by atoms with Gasteiger partial charge < -0.3 is 10.9 Å². The highest BCUT2D eigenvalue weighted by Gasteiger charge is 2.24. The van der Waals surface area contributed by atoms with E-state index in [2.05, 4.69) is 15.6 Å². The second-order valence-corrected chi connectivity index (χ2v) is 3.92. The lowest BCUT2D eigenvalue weighted by Gasteiger charge is -2.23. The Labute approximate surface area is 75.1 Å². The average Bonchev–Trinajstić information content (AvgIpc) is 2.03. The van der Waals surface area contributed by atoms with Crippen LogP contribution in [0.25, 0.3) is 0 Å². The molecule has 1 rings (SSSR count). The van der Waals surface area contributed by atoms with Gasteiger partial charge in [0.15, 0.2) is 0 Å². The molecule has 5 nitrogen and oxygen atoms in total. The number of nitrogens with two attached hydrogens (primary N) is 1. The molecule has 0 saturated heterocycles. The summed E-state index contributed by atoms with van der Waals surface area (Å²) in [7, 11) is 0. The third-order valence-corrected chi connectivity index (χ3v) is 2.34. The number of aliphatic hydroxyl groups is 1. The Balaban J connectivity index is 2.68. The summed E-state index contributed by atoms with van der Waals surface area (Å²) >= 11 is 1.42. The Morgan fingerprint density at radius 2 is 2.42 bits per heavy atom. The molecule has 0 aromatic heterocycles. The van der Waals surface area contributed by atoms with Crippen LogP contribution in [0.3, 0.4) is 0 Å². The number of nitrogens with one attached hydrogen (secondary N) is 1. The summed E-state index contributed by atoms with van der Waals surface area (Å²) in [5.74, 6) is 5.65. The van der Waals surface area contributed by atoms with Gasteiger partial charge in [-0.3, -0.25) is 5.43 Å². The lowest BCUT2D eigenvalue weighted by molar-refractivity contribution is 0.153. The van der Waals surface area contributed by atoms with Gasteiger partial charge in [0.1, 0.15) is 0 Å². The molecule has 1 heterocycles. The summed E-state index contributed by atoms with van der Waals surface area (Å²) in [5, 5.41) is 17.5. The third-order valence-electron chi connectivity index (χ3n) is 1.46. The SMILES string of the molecule is CC(C)(O)C1=NN/C(=N/N)SC1. The third kappa shape index (κ3) is 2.12. The predicted molar refractivity (Wildman–Crippen MR) is 50.9 cm³/mol. The minimum Gasteiger partial charge on any atom is -0.384 e. The molecule has 0 unspecified atom stereocenters. The number of hydrogen-bond donors (Lipinski definition) is 3. The van der Waals surface area contributed by atoms with Crippen LogP contribution in [0.1, 0.15) is 13.8 Å². The topological polar surface area (TPSA) is 83.0 Å². The second-order valence-electron chi connectivity index (χ2n) is 2.95. The van der Waals surface area contributed by atoms with Crippen LogP contribution in [0.15, 0.2) is 10.2 Å². The molecule has 6 heteroatoms. The fourth-order valence-electron chi connectivity index (χ4n) is 0.696. The lowest BCUT2D eigenvalue weighted by atomic mass is 10.1. The Bertz CT molecular complexity index is 230. The number of rotatable bonds is 1. The van der Waals surface area contributed by atoms with Gasteiger partial charge in [-0.25, -0.2) is 0 Å². The largest absolute Gasteiger partial charge is 0.384 e. The fourth-order valence-corrected chi connectivity index (χ4v) is 1.57. The molecule has 1 aliphatic heterocycles. The molecule has 0 aromatic carbocycles. The summed E-state index contributed by atoms with van der Waals surface area (Å²) in [6.45, 7) is 3.39. The molecule has 0 bridgehead atoms. The molecule has 12 heavy (non-hydrogen) atoms. The van der Waals surface area contributed by atoms with Crippen molar-refractivity contribution < 1.29 is 5.11 Å². The van der Waals surface area contributed by atoms with Crippen LogP contribution in [0.2, 0.25) is 0 Å². The van der Waals surface area contributed by atoms with Gasteiger partial charge in [0, 0.05) is 5.75 Å². The highest BCUT2D eigenvalue weighted by molar-refractivity contribution is 8.14. The smallest absolute Gasteiger partial charge is 0.200 e. The van der Waals surface area contributed by atoms with E-state index in [0.717, 1.165) is 0 Å².